The number of para-hydroxylation sites is 1. The van der Waals surface area contributed by atoms with Gasteiger partial charge in [-0.15, -0.1) is 0 Å². The third kappa shape index (κ3) is 3.04. The van der Waals surface area contributed by atoms with Crippen LogP contribution in [0.15, 0.2) is 30.6 Å². The number of aryl methyl sites for hydroxylation is 1. The van der Waals surface area contributed by atoms with Gasteiger partial charge in [0.15, 0.2) is 0 Å². The molecule has 1 aliphatic heterocycles. The molecule has 0 aliphatic carbocycles. The van der Waals surface area contributed by atoms with Crippen LogP contribution in [0.1, 0.15) is 18.2 Å². The molecule has 26 heavy (non-hydrogen) atoms. The minimum atomic E-state index is 0.136. The minimum Gasteiger partial charge on any atom is -0.471 e. The van der Waals surface area contributed by atoms with Crippen molar-refractivity contribution in [1.29, 1.82) is 5.26 Å². The summed E-state index contributed by atoms with van der Waals surface area (Å²) >= 11 is 2.33. The highest BCUT2D eigenvalue weighted by Gasteiger charge is 2.30. The molecule has 1 saturated heterocycles. The van der Waals surface area contributed by atoms with Gasteiger partial charge in [-0.05, 0) is 13.0 Å². The molecule has 1 aliphatic rings. The van der Waals surface area contributed by atoms with Gasteiger partial charge in [-0.3, -0.25) is 0 Å². The maximum atomic E-state index is 9.25. The van der Waals surface area contributed by atoms with Gasteiger partial charge in [0.1, 0.15) is 17.9 Å². The highest BCUT2D eigenvalue weighted by molar-refractivity contribution is 14.1. The number of nitrogens with zero attached hydrogens (tertiary/aromatic N) is 4. The summed E-state index contributed by atoms with van der Waals surface area (Å²) in [7, 11) is 0. The highest BCUT2D eigenvalue weighted by Crippen LogP contribution is 2.31. The number of benzene rings is 1. The Hall–Kier alpha value is -2.18. The normalized spacial score (nSPS) is 20.4. The predicted molar refractivity (Wildman–Crippen MR) is 108 cm³/mol. The molecule has 6 nitrogen and oxygen atoms in total. The van der Waals surface area contributed by atoms with Crippen molar-refractivity contribution in [2.24, 2.45) is 5.92 Å². The summed E-state index contributed by atoms with van der Waals surface area (Å²) in [5.74, 6) is 1.06. The zero-order valence-electron chi connectivity index (χ0n) is 14.5. The Morgan fingerprint density at radius 3 is 2.92 bits per heavy atom. The predicted octanol–water partition coefficient (Wildman–Crippen LogP) is 3.85. The van der Waals surface area contributed by atoms with E-state index in [9.17, 15) is 5.26 Å². The molecule has 2 aromatic heterocycles. The lowest BCUT2D eigenvalue weighted by Gasteiger charge is -2.17. The van der Waals surface area contributed by atoms with Crippen LogP contribution in [0.3, 0.4) is 0 Å². The number of nitriles is 1. The first-order valence-electron chi connectivity index (χ1n) is 8.48. The van der Waals surface area contributed by atoms with E-state index in [-0.39, 0.29) is 6.10 Å². The Morgan fingerprint density at radius 2 is 2.23 bits per heavy atom. The van der Waals surface area contributed by atoms with E-state index >= 15 is 0 Å². The Kier molecular flexibility index (Phi) is 4.54. The molecule has 0 unspecified atom stereocenters. The van der Waals surface area contributed by atoms with E-state index in [1.54, 1.807) is 12.3 Å². The van der Waals surface area contributed by atoms with E-state index in [1.165, 1.54) is 0 Å². The van der Waals surface area contributed by atoms with Gasteiger partial charge in [-0.1, -0.05) is 19.1 Å². The van der Waals surface area contributed by atoms with Crippen LogP contribution in [-0.2, 0) is 0 Å². The summed E-state index contributed by atoms with van der Waals surface area (Å²) in [5, 5.41) is 10.2. The van der Waals surface area contributed by atoms with Crippen molar-refractivity contribution in [2.45, 2.75) is 20.0 Å². The smallest absolute Gasteiger partial charge is 0.235 e. The Morgan fingerprint density at radius 1 is 1.38 bits per heavy atom. The number of hydrogen-bond acceptors (Lipinski definition) is 5. The number of rotatable bonds is 3. The zero-order valence-corrected chi connectivity index (χ0v) is 16.7. The quantitative estimate of drug-likeness (QED) is 0.476. The van der Waals surface area contributed by atoms with E-state index < -0.39 is 0 Å². The Bertz CT molecular complexity index is 1010. The molecular formula is C19H18IN5O. The van der Waals surface area contributed by atoms with Crippen molar-refractivity contribution in [3.8, 4) is 23.2 Å². The molecular weight excluding hydrogens is 441 g/mol. The number of halogens is 1. The molecule has 1 fully saturated rings. The van der Waals surface area contributed by atoms with Crippen molar-refractivity contribution in [3.05, 3.63) is 41.9 Å². The number of hydrogen-bond donors (Lipinski definition) is 1. The first-order chi connectivity index (χ1) is 12.6. The van der Waals surface area contributed by atoms with Gasteiger partial charge in [0.2, 0.25) is 5.88 Å². The van der Waals surface area contributed by atoms with Crippen molar-refractivity contribution >= 4 is 33.8 Å². The molecule has 3 heterocycles. The monoisotopic (exact) mass is 459 g/mol. The maximum Gasteiger partial charge on any atom is 0.235 e. The van der Waals surface area contributed by atoms with Crippen LogP contribution in [0.25, 0.3) is 22.2 Å². The number of H-pyrrole nitrogens is 1. The lowest BCUT2D eigenvalue weighted by atomic mass is 10.1. The molecule has 0 radical (unpaired) electrons. The summed E-state index contributed by atoms with van der Waals surface area (Å²) < 4.78 is 8.35. The van der Waals surface area contributed by atoms with Crippen LogP contribution in [0.2, 0.25) is 0 Å². The highest BCUT2D eigenvalue weighted by atomic mass is 127. The molecule has 0 spiro atoms. The standard InChI is InChI=1S/C19H18IN5O/c1-11-9-25(20)10-17(11)26-19-12(2)24-16(8-23-19)15-7-22-18-13(6-21)4-3-5-14(15)18/h3-5,7-8,11,17,22H,9-10H2,1-2H3/t11-,17+/m0/s1. The van der Waals surface area contributed by atoms with Crippen LogP contribution in [0, 0.1) is 24.2 Å². The molecule has 0 saturated carbocycles. The molecule has 132 valence electrons. The topological polar surface area (TPSA) is 77.8 Å². The number of aromatic amines is 1. The first-order valence-corrected chi connectivity index (χ1v) is 9.45. The summed E-state index contributed by atoms with van der Waals surface area (Å²) in [6, 6.07) is 7.88. The lowest BCUT2D eigenvalue weighted by molar-refractivity contribution is 0.171. The lowest BCUT2D eigenvalue weighted by Crippen LogP contribution is -2.25. The molecule has 4 rings (SSSR count). The number of fused-ring (bicyclic) bond motifs is 1. The van der Waals surface area contributed by atoms with Gasteiger partial charge in [-0.25, -0.2) is 13.1 Å². The Balaban J connectivity index is 1.66. The van der Waals surface area contributed by atoms with Crippen LogP contribution in [0.5, 0.6) is 5.88 Å². The van der Waals surface area contributed by atoms with Gasteiger partial charge < -0.3 is 9.72 Å². The molecule has 2 atom stereocenters. The van der Waals surface area contributed by atoms with Gasteiger partial charge in [0.05, 0.1) is 23.0 Å². The van der Waals surface area contributed by atoms with Crippen molar-refractivity contribution in [1.82, 2.24) is 18.1 Å². The van der Waals surface area contributed by atoms with Gasteiger partial charge in [0, 0.05) is 59.0 Å². The molecule has 0 bridgehead atoms. The summed E-state index contributed by atoms with van der Waals surface area (Å²) in [6.07, 6.45) is 3.76. The molecule has 1 aromatic carbocycles. The average molecular weight is 459 g/mol. The summed E-state index contributed by atoms with van der Waals surface area (Å²) in [4.78, 5) is 12.4. The third-order valence-electron chi connectivity index (χ3n) is 4.78. The Labute approximate surface area is 165 Å². The van der Waals surface area contributed by atoms with Crippen LogP contribution < -0.4 is 4.74 Å². The van der Waals surface area contributed by atoms with Gasteiger partial charge in [-0.2, -0.15) is 5.26 Å². The second kappa shape index (κ2) is 6.85. The second-order valence-corrected chi connectivity index (χ2v) is 8.01. The van der Waals surface area contributed by atoms with E-state index in [0.29, 0.717) is 17.4 Å². The van der Waals surface area contributed by atoms with E-state index in [2.05, 4.69) is 48.9 Å². The molecule has 1 N–H and O–H groups in total. The van der Waals surface area contributed by atoms with Crippen LogP contribution in [-0.4, -0.2) is 37.3 Å². The molecule has 0 amide bonds. The molecule has 7 heteroatoms. The fourth-order valence-electron chi connectivity index (χ4n) is 3.35. The fraction of sp³-hybridized carbons (Fsp3) is 0.316. The van der Waals surface area contributed by atoms with Crippen molar-refractivity contribution < 1.29 is 4.74 Å². The number of ether oxygens (including phenoxy) is 1. The minimum absolute atomic E-state index is 0.136. The second-order valence-electron chi connectivity index (χ2n) is 6.65. The van der Waals surface area contributed by atoms with Gasteiger partial charge >= 0.3 is 0 Å². The van der Waals surface area contributed by atoms with Crippen molar-refractivity contribution in [2.75, 3.05) is 13.1 Å². The SMILES string of the molecule is Cc1nc(-c2c[nH]c3c(C#N)cccc23)cnc1O[C@@H]1CN(I)C[C@@H]1C. The van der Waals surface area contributed by atoms with E-state index in [0.717, 1.165) is 40.9 Å². The first kappa shape index (κ1) is 17.2. The average Bonchev–Trinajstić information content (AvgIpc) is 3.19. The maximum absolute atomic E-state index is 9.25. The van der Waals surface area contributed by atoms with Gasteiger partial charge in [0.25, 0.3) is 0 Å². The molecule has 3 aromatic rings. The largest absolute Gasteiger partial charge is 0.471 e. The zero-order chi connectivity index (χ0) is 18.3. The summed E-state index contributed by atoms with van der Waals surface area (Å²) in [6.45, 7) is 6.03. The number of aromatic nitrogens is 3. The fourth-order valence-corrected chi connectivity index (χ4v) is 4.36. The van der Waals surface area contributed by atoms with E-state index in [4.69, 9.17) is 9.72 Å². The van der Waals surface area contributed by atoms with Crippen molar-refractivity contribution in [3.63, 3.8) is 0 Å². The third-order valence-corrected chi connectivity index (χ3v) is 5.56. The summed E-state index contributed by atoms with van der Waals surface area (Å²) in [5.41, 5.74) is 3.93. The van der Waals surface area contributed by atoms with Crippen LogP contribution >= 0.6 is 22.9 Å². The van der Waals surface area contributed by atoms with Crippen LogP contribution in [0.4, 0.5) is 0 Å². The number of nitrogens with one attached hydrogen (secondary N) is 1. The van der Waals surface area contributed by atoms with E-state index in [1.807, 2.05) is 25.3 Å².